The van der Waals surface area contributed by atoms with Crippen molar-refractivity contribution < 1.29 is 14.3 Å². The summed E-state index contributed by atoms with van der Waals surface area (Å²) in [4.78, 5) is 19.0. The van der Waals surface area contributed by atoms with E-state index >= 15 is 0 Å². The number of morpholine rings is 1. The van der Waals surface area contributed by atoms with Crippen molar-refractivity contribution in [2.24, 2.45) is 11.8 Å². The first kappa shape index (κ1) is 16.0. The molecule has 5 nitrogen and oxygen atoms in total. The monoisotopic (exact) mass is 330 g/mol. The van der Waals surface area contributed by atoms with Crippen LogP contribution in [0.25, 0.3) is 0 Å². The van der Waals surface area contributed by atoms with Crippen LogP contribution >= 0.6 is 0 Å². The van der Waals surface area contributed by atoms with Gasteiger partial charge in [-0.15, -0.1) is 0 Å². The van der Waals surface area contributed by atoms with Crippen LogP contribution in [0.5, 0.6) is 0 Å². The molecule has 1 aliphatic heterocycles. The molecule has 4 rings (SSSR count). The molecule has 1 aromatic rings. The van der Waals surface area contributed by atoms with Crippen LogP contribution in [0, 0.1) is 11.8 Å². The standard InChI is InChI=1S/C19H26N2O3/c22-19(11-16-3-1-2-6-20-16)21-7-8-24-18-10-15(9-17(18)21)13-23-12-14-4-5-14/h1-3,6,14-15,17-18H,4-5,7-13H2/t15?,17-,18-/m1/s1. The van der Waals surface area contributed by atoms with Gasteiger partial charge in [0.05, 0.1) is 25.2 Å². The normalized spacial score (nSPS) is 29.5. The van der Waals surface area contributed by atoms with Crippen molar-refractivity contribution in [1.82, 2.24) is 9.88 Å². The van der Waals surface area contributed by atoms with Crippen LogP contribution in [0.3, 0.4) is 0 Å². The highest BCUT2D eigenvalue weighted by Crippen LogP contribution is 2.35. The lowest BCUT2D eigenvalue weighted by Crippen LogP contribution is -2.51. The average Bonchev–Trinajstić information content (AvgIpc) is 3.32. The summed E-state index contributed by atoms with van der Waals surface area (Å²) in [5.41, 5.74) is 0.841. The van der Waals surface area contributed by atoms with Crippen LogP contribution in [0.4, 0.5) is 0 Å². The van der Waals surface area contributed by atoms with Gasteiger partial charge in [-0.05, 0) is 49.7 Å². The van der Waals surface area contributed by atoms with Gasteiger partial charge in [0.2, 0.25) is 5.91 Å². The van der Waals surface area contributed by atoms with Crippen LogP contribution < -0.4 is 0 Å². The molecule has 0 N–H and O–H groups in total. The van der Waals surface area contributed by atoms with Gasteiger partial charge < -0.3 is 14.4 Å². The van der Waals surface area contributed by atoms with Gasteiger partial charge in [-0.1, -0.05) is 6.07 Å². The van der Waals surface area contributed by atoms with Crippen molar-refractivity contribution in [3.8, 4) is 0 Å². The first-order valence-corrected chi connectivity index (χ1v) is 9.18. The first-order valence-electron chi connectivity index (χ1n) is 9.18. The van der Waals surface area contributed by atoms with Crippen LogP contribution in [0.2, 0.25) is 0 Å². The number of fused-ring (bicyclic) bond motifs is 1. The molecule has 2 aliphatic carbocycles. The second-order valence-electron chi connectivity index (χ2n) is 7.38. The van der Waals surface area contributed by atoms with Crippen LogP contribution in [0.1, 0.15) is 31.4 Å². The third-order valence-electron chi connectivity index (χ3n) is 5.42. The number of hydrogen-bond donors (Lipinski definition) is 0. The molecule has 2 heterocycles. The van der Waals surface area contributed by atoms with Gasteiger partial charge in [-0.25, -0.2) is 0 Å². The van der Waals surface area contributed by atoms with E-state index in [9.17, 15) is 4.79 Å². The number of hydrogen-bond acceptors (Lipinski definition) is 4. The number of ether oxygens (including phenoxy) is 2. The topological polar surface area (TPSA) is 51.7 Å². The highest BCUT2D eigenvalue weighted by molar-refractivity contribution is 5.78. The minimum atomic E-state index is 0.173. The molecule has 0 bridgehead atoms. The van der Waals surface area contributed by atoms with E-state index in [-0.39, 0.29) is 18.1 Å². The Hall–Kier alpha value is -1.46. The molecule has 1 unspecified atom stereocenters. The van der Waals surface area contributed by atoms with E-state index in [1.54, 1.807) is 6.20 Å². The largest absolute Gasteiger partial charge is 0.381 e. The first-order chi connectivity index (χ1) is 11.8. The fourth-order valence-electron chi connectivity index (χ4n) is 3.94. The minimum absolute atomic E-state index is 0.173. The summed E-state index contributed by atoms with van der Waals surface area (Å²) in [5, 5.41) is 0. The summed E-state index contributed by atoms with van der Waals surface area (Å²) in [6.07, 6.45) is 6.98. The second kappa shape index (κ2) is 7.19. The molecule has 3 aliphatic rings. The van der Waals surface area contributed by atoms with Crippen molar-refractivity contribution >= 4 is 5.91 Å². The van der Waals surface area contributed by atoms with E-state index in [0.29, 0.717) is 25.5 Å². The van der Waals surface area contributed by atoms with Gasteiger partial charge in [-0.3, -0.25) is 9.78 Å². The van der Waals surface area contributed by atoms with Crippen molar-refractivity contribution in [3.63, 3.8) is 0 Å². The number of rotatable bonds is 6. The van der Waals surface area contributed by atoms with Crippen LogP contribution in [-0.2, 0) is 20.7 Å². The van der Waals surface area contributed by atoms with Gasteiger partial charge in [0.15, 0.2) is 0 Å². The molecule has 130 valence electrons. The molecule has 3 atom stereocenters. The maximum absolute atomic E-state index is 12.7. The fourth-order valence-corrected chi connectivity index (χ4v) is 3.94. The van der Waals surface area contributed by atoms with Gasteiger partial charge in [0.1, 0.15) is 0 Å². The second-order valence-corrected chi connectivity index (χ2v) is 7.38. The zero-order valence-electron chi connectivity index (χ0n) is 14.1. The Balaban J connectivity index is 1.32. The lowest BCUT2D eigenvalue weighted by atomic mass is 10.1. The van der Waals surface area contributed by atoms with Crippen molar-refractivity contribution in [2.45, 2.75) is 44.2 Å². The fraction of sp³-hybridized carbons (Fsp3) is 0.684. The summed E-state index contributed by atoms with van der Waals surface area (Å²) in [6.45, 7) is 3.07. The molecule has 3 fully saturated rings. The SMILES string of the molecule is O=C(Cc1ccccn1)N1CCO[C@@H]2CC(COCC3CC3)C[C@H]21. The molecular formula is C19H26N2O3. The molecule has 0 spiro atoms. The summed E-state index contributed by atoms with van der Waals surface area (Å²) in [6, 6.07) is 5.94. The highest BCUT2D eigenvalue weighted by atomic mass is 16.5. The molecule has 2 saturated carbocycles. The highest BCUT2D eigenvalue weighted by Gasteiger charge is 2.42. The Morgan fingerprint density at radius 3 is 2.92 bits per heavy atom. The van der Waals surface area contributed by atoms with E-state index in [4.69, 9.17) is 9.47 Å². The van der Waals surface area contributed by atoms with E-state index in [2.05, 4.69) is 4.98 Å². The van der Waals surface area contributed by atoms with Crippen LogP contribution in [-0.4, -0.2) is 54.3 Å². The maximum Gasteiger partial charge on any atom is 0.229 e. The number of amides is 1. The summed E-state index contributed by atoms with van der Waals surface area (Å²) < 4.78 is 11.8. The number of aromatic nitrogens is 1. The number of nitrogens with zero attached hydrogens (tertiary/aromatic N) is 2. The minimum Gasteiger partial charge on any atom is -0.381 e. The summed E-state index contributed by atoms with van der Waals surface area (Å²) >= 11 is 0. The smallest absolute Gasteiger partial charge is 0.229 e. The van der Waals surface area contributed by atoms with E-state index < -0.39 is 0 Å². The van der Waals surface area contributed by atoms with Crippen molar-refractivity contribution in [3.05, 3.63) is 30.1 Å². The maximum atomic E-state index is 12.7. The molecule has 0 radical (unpaired) electrons. The predicted octanol–water partition coefficient (Wildman–Crippen LogP) is 2.06. The molecule has 5 heteroatoms. The Labute approximate surface area is 143 Å². The number of pyridine rings is 1. The molecular weight excluding hydrogens is 304 g/mol. The third kappa shape index (κ3) is 3.78. The lowest BCUT2D eigenvalue weighted by Gasteiger charge is -2.37. The van der Waals surface area contributed by atoms with Gasteiger partial charge in [-0.2, -0.15) is 0 Å². The summed E-state index contributed by atoms with van der Waals surface area (Å²) in [5.74, 6) is 1.50. The molecule has 1 aromatic heterocycles. The lowest BCUT2D eigenvalue weighted by molar-refractivity contribution is -0.143. The third-order valence-corrected chi connectivity index (χ3v) is 5.42. The van der Waals surface area contributed by atoms with E-state index in [1.165, 1.54) is 12.8 Å². The van der Waals surface area contributed by atoms with Gasteiger partial charge >= 0.3 is 0 Å². The quantitative estimate of drug-likeness (QED) is 0.801. The summed E-state index contributed by atoms with van der Waals surface area (Å²) in [7, 11) is 0. The zero-order valence-corrected chi connectivity index (χ0v) is 14.1. The molecule has 0 aromatic carbocycles. The van der Waals surface area contributed by atoms with Crippen molar-refractivity contribution in [1.29, 1.82) is 0 Å². The van der Waals surface area contributed by atoms with Gasteiger partial charge in [0, 0.05) is 31.6 Å². The Bertz CT molecular complexity index is 561. The van der Waals surface area contributed by atoms with E-state index in [1.807, 2.05) is 23.1 Å². The molecule has 1 saturated heterocycles. The Morgan fingerprint density at radius 2 is 2.12 bits per heavy atom. The zero-order chi connectivity index (χ0) is 16.4. The van der Waals surface area contributed by atoms with Gasteiger partial charge in [0.25, 0.3) is 0 Å². The average molecular weight is 330 g/mol. The van der Waals surface area contributed by atoms with Crippen LogP contribution in [0.15, 0.2) is 24.4 Å². The number of carbonyl (C=O) groups is 1. The predicted molar refractivity (Wildman–Crippen MR) is 89.4 cm³/mol. The Morgan fingerprint density at radius 1 is 1.25 bits per heavy atom. The Kier molecular flexibility index (Phi) is 4.81. The molecule has 24 heavy (non-hydrogen) atoms. The molecule has 1 amide bonds. The number of carbonyl (C=O) groups excluding carboxylic acids is 1. The van der Waals surface area contributed by atoms with Crippen molar-refractivity contribution in [2.75, 3.05) is 26.4 Å². The van der Waals surface area contributed by atoms with E-state index in [0.717, 1.165) is 37.7 Å².